The highest BCUT2D eigenvalue weighted by Gasteiger charge is 2.61. The fourth-order valence-corrected chi connectivity index (χ4v) is 8.32. The quantitative estimate of drug-likeness (QED) is 0.716. The molecule has 3 heteroatoms. The van der Waals surface area contributed by atoms with Gasteiger partial charge in [-0.2, -0.15) is 0 Å². The predicted molar refractivity (Wildman–Crippen MR) is 102 cm³/mol. The lowest BCUT2D eigenvalue weighted by Crippen LogP contribution is -2.55. The second-order valence-electron chi connectivity index (χ2n) is 11.0. The maximum atomic E-state index is 10.6. The number of hydrogen-bond acceptors (Lipinski definition) is 3. The van der Waals surface area contributed by atoms with E-state index in [0.717, 1.165) is 36.5 Å². The molecule has 0 spiro atoms. The topological polar surface area (TPSA) is 46.3 Å². The Labute approximate surface area is 157 Å². The highest BCUT2D eigenvalue weighted by atomic mass is 16.5. The summed E-state index contributed by atoms with van der Waals surface area (Å²) < 4.78 is 5.19. The van der Waals surface area contributed by atoms with Crippen LogP contribution in [-0.2, 0) is 0 Å². The number of fused-ring (bicyclic) bond motifs is 5. The molecular formula is C23H35NO2. The van der Waals surface area contributed by atoms with Crippen molar-refractivity contribution in [2.75, 3.05) is 0 Å². The van der Waals surface area contributed by atoms with Crippen LogP contribution in [0.25, 0.3) is 0 Å². The molecule has 1 heterocycles. The Hall–Kier alpha value is -0.830. The Morgan fingerprint density at radius 1 is 0.962 bits per heavy atom. The minimum Gasteiger partial charge on any atom is -0.390 e. The maximum Gasteiger partial charge on any atom is 0.124 e. The molecule has 5 rings (SSSR count). The van der Waals surface area contributed by atoms with Gasteiger partial charge in [-0.15, -0.1) is 0 Å². The van der Waals surface area contributed by atoms with Crippen LogP contribution < -0.4 is 0 Å². The summed E-state index contributed by atoms with van der Waals surface area (Å²) in [5, 5.41) is 15.0. The van der Waals surface area contributed by atoms with Crippen molar-refractivity contribution < 1.29 is 9.63 Å². The lowest BCUT2D eigenvalue weighted by Gasteiger charge is -2.61. The summed E-state index contributed by atoms with van der Waals surface area (Å²) in [4.78, 5) is 0. The highest BCUT2D eigenvalue weighted by Crippen LogP contribution is 2.69. The Balaban J connectivity index is 1.43. The summed E-state index contributed by atoms with van der Waals surface area (Å²) in [5.41, 5.74) is 1.63. The summed E-state index contributed by atoms with van der Waals surface area (Å²) in [7, 11) is 0. The van der Waals surface area contributed by atoms with Gasteiger partial charge >= 0.3 is 0 Å². The molecule has 4 aliphatic rings. The normalized spacial score (nSPS) is 53.6. The SMILES string of the molecule is CC1(O)CCC2(C)C(CCC3C2CCC2(C)C(c4ccon4)CCC32)C1. The van der Waals surface area contributed by atoms with Crippen molar-refractivity contribution in [2.45, 2.75) is 90.1 Å². The van der Waals surface area contributed by atoms with Gasteiger partial charge in [-0.05, 0) is 99.2 Å². The highest BCUT2D eigenvalue weighted by molar-refractivity contribution is 5.18. The van der Waals surface area contributed by atoms with Crippen LogP contribution in [0.4, 0.5) is 0 Å². The van der Waals surface area contributed by atoms with Gasteiger partial charge in [-0.25, -0.2) is 0 Å². The summed E-state index contributed by atoms with van der Waals surface area (Å²) in [5.74, 6) is 3.92. The summed E-state index contributed by atoms with van der Waals surface area (Å²) in [6.45, 7) is 7.20. The van der Waals surface area contributed by atoms with Gasteiger partial charge in [0.05, 0.1) is 11.3 Å². The van der Waals surface area contributed by atoms with Crippen LogP contribution in [0.2, 0.25) is 0 Å². The van der Waals surface area contributed by atoms with Crippen molar-refractivity contribution in [3.05, 3.63) is 18.0 Å². The van der Waals surface area contributed by atoms with E-state index in [9.17, 15) is 5.11 Å². The van der Waals surface area contributed by atoms with Gasteiger partial charge in [0.15, 0.2) is 0 Å². The zero-order valence-electron chi connectivity index (χ0n) is 16.7. The van der Waals surface area contributed by atoms with E-state index in [1.165, 1.54) is 50.6 Å². The van der Waals surface area contributed by atoms with E-state index >= 15 is 0 Å². The van der Waals surface area contributed by atoms with Crippen LogP contribution >= 0.6 is 0 Å². The van der Waals surface area contributed by atoms with Gasteiger partial charge in [0.25, 0.3) is 0 Å². The van der Waals surface area contributed by atoms with Gasteiger partial charge in [-0.3, -0.25) is 0 Å². The van der Waals surface area contributed by atoms with Crippen molar-refractivity contribution in [1.82, 2.24) is 5.16 Å². The summed E-state index contributed by atoms with van der Waals surface area (Å²) >= 11 is 0. The van der Waals surface area contributed by atoms with Crippen molar-refractivity contribution in [3.63, 3.8) is 0 Å². The molecule has 8 unspecified atom stereocenters. The van der Waals surface area contributed by atoms with Gasteiger partial charge in [0.2, 0.25) is 0 Å². The minimum absolute atomic E-state index is 0.404. The maximum absolute atomic E-state index is 10.6. The molecule has 4 fully saturated rings. The van der Waals surface area contributed by atoms with Crippen LogP contribution in [0.3, 0.4) is 0 Å². The summed E-state index contributed by atoms with van der Waals surface area (Å²) in [6.07, 6.45) is 13.1. The third kappa shape index (κ3) is 2.31. The third-order valence-corrected chi connectivity index (χ3v) is 9.77. The fraction of sp³-hybridized carbons (Fsp3) is 0.870. The molecule has 1 N–H and O–H groups in total. The zero-order chi connectivity index (χ0) is 18.2. The average molecular weight is 358 g/mol. The van der Waals surface area contributed by atoms with E-state index in [0.29, 0.717) is 16.7 Å². The second kappa shape index (κ2) is 5.59. The van der Waals surface area contributed by atoms with E-state index in [4.69, 9.17) is 4.52 Å². The van der Waals surface area contributed by atoms with Crippen molar-refractivity contribution in [3.8, 4) is 0 Å². The van der Waals surface area contributed by atoms with E-state index in [1.54, 1.807) is 6.26 Å². The number of rotatable bonds is 1. The third-order valence-electron chi connectivity index (χ3n) is 9.77. The van der Waals surface area contributed by atoms with Crippen molar-refractivity contribution in [1.29, 1.82) is 0 Å². The molecule has 0 aromatic carbocycles. The van der Waals surface area contributed by atoms with Gasteiger partial charge in [0.1, 0.15) is 6.26 Å². The predicted octanol–water partition coefficient (Wildman–Crippen LogP) is 5.55. The molecule has 0 saturated heterocycles. The molecule has 4 aliphatic carbocycles. The molecule has 0 aliphatic heterocycles. The molecule has 4 saturated carbocycles. The molecule has 8 atom stereocenters. The van der Waals surface area contributed by atoms with Crippen LogP contribution in [0.1, 0.15) is 90.2 Å². The fourth-order valence-electron chi connectivity index (χ4n) is 8.32. The van der Waals surface area contributed by atoms with Gasteiger partial charge in [-0.1, -0.05) is 19.0 Å². The van der Waals surface area contributed by atoms with Crippen LogP contribution in [0.5, 0.6) is 0 Å². The molecule has 144 valence electrons. The van der Waals surface area contributed by atoms with Crippen LogP contribution in [0, 0.1) is 34.5 Å². The second-order valence-corrected chi connectivity index (χ2v) is 11.0. The number of hydrogen-bond donors (Lipinski definition) is 1. The lowest BCUT2D eigenvalue weighted by molar-refractivity contribution is -0.143. The van der Waals surface area contributed by atoms with Crippen LogP contribution in [-0.4, -0.2) is 15.9 Å². The van der Waals surface area contributed by atoms with E-state index < -0.39 is 5.60 Å². The lowest BCUT2D eigenvalue weighted by atomic mass is 9.44. The Morgan fingerprint density at radius 2 is 1.77 bits per heavy atom. The first-order valence-corrected chi connectivity index (χ1v) is 11.0. The smallest absolute Gasteiger partial charge is 0.124 e. The number of nitrogens with zero attached hydrogens (tertiary/aromatic N) is 1. The van der Waals surface area contributed by atoms with Crippen LogP contribution in [0.15, 0.2) is 16.9 Å². The minimum atomic E-state index is -0.425. The van der Waals surface area contributed by atoms with Gasteiger partial charge in [0, 0.05) is 12.0 Å². The molecule has 1 aromatic rings. The Kier molecular flexibility index (Phi) is 3.72. The first-order chi connectivity index (χ1) is 12.3. The number of aromatic nitrogens is 1. The summed E-state index contributed by atoms with van der Waals surface area (Å²) in [6, 6.07) is 2.10. The van der Waals surface area contributed by atoms with E-state index in [1.807, 2.05) is 0 Å². The molecule has 0 amide bonds. The molecule has 0 radical (unpaired) electrons. The standard InChI is InChI=1S/C23H35NO2/c1-21(25)11-12-22(2)15(14-21)4-5-16-17-6-7-19(20-9-13-26-24-20)23(17,3)10-8-18(16)22/h9,13,15-19,25H,4-8,10-12,14H2,1-3H3. The Morgan fingerprint density at radius 3 is 2.54 bits per heavy atom. The van der Waals surface area contributed by atoms with E-state index in [2.05, 4.69) is 32.0 Å². The van der Waals surface area contributed by atoms with Crippen molar-refractivity contribution >= 4 is 0 Å². The first kappa shape index (κ1) is 17.3. The Bertz CT molecular complexity index is 668. The first-order valence-electron chi connectivity index (χ1n) is 11.0. The monoisotopic (exact) mass is 357 g/mol. The molecular weight excluding hydrogens is 322 g/mol. The zero-order valence-corrected chi connectivity index (χ0v) is 16.7. The average Bonchev–Trinajstić information content (AvgIpc) is 3.22. The molecule has 3 nitrogen and oxygen atoms in total. The largest absolute Gasteiger partial charge is 0.390 e. The number of aliphatic hydroxyl groups is 1. The van der Waals surface area contributed by atoms with E-state index in [-0.39, 0.29) is 0 Å². The van der Waals surface area contributed by atoms with Crippen molar-refractivity contribution in [2.24, 2.45) is 34.5 Å². The molecule has 1 aromatic heterocycles. The molecule has 0 bridgehead atoms. The van der Waals surface area contributed by atoms with Gasteiger partial charge < -0.3 is 9.63 Å². The molecule has 26 heavy (non-hydrogen) atoms.